The summed E-state index contributed by atoms with van der Waals surface area (Å²) in [7, 11) is 0. The summed E-state index contributed by atoms with van der Waals surface area (Å²) in [6, 6.07) is 5.99. The van der Waals surface area contributed by atoms with Gasteiger partial charge in [0.05, 0.1) is 0 Å². The van der Waals surface area contributed by atoms with E-state index in [9.17, 15) is 8.78 Å². The summed E-state index contributed by atoms with van der Waals surface area (Å²) in [5.74, 6) is 0. The molecule has 0 heterocycles. The predicted molar refractivity (Wildman–Crippen MR) is 51.8 cm³/mol. The highest BCUT2D eigenvalue weighted by molar-refractivity contribution is 7.80. The van der Waals surface area contributed by atoms with Crippen LogP contribution in [-0.2, 0) is 0 Å². The number of thiocarbonyl (C=S) groups is 1. The summed E-state index contributed by atoms with van der Waals surface area (Å²) in [6.07, 6.45) is -2.53. The molecule has 0 atom stereocenters. The standard InChI is InChI=1S/C8H8F2N2S/c9-7(10)5-3-1-2-4-6(5)12-8(11)13/h1-4,7H,(H3,11,12,13). The molecule has 0 spiro atoms. The van der Waals surface area contributed by atoms with E-state index in [1.54, 1.807) is 6.07 Å². The fraction of sp³-hybridized carbons (Fsp3) is 0.125. The smallest absolute Gasteiger partial charge is 0.265 e. The third-order valence-electron chi connectivity index (χ3n) is 1.45. The molecule has 3 N–H and O–H groups in total. The average molecular weight is 202 g/mol. The van der Waals surface area contributed by atoms with Crippen molar-refractivity contribution in [3.63, 3.8) is 0 Å². The molecule has 2 nitrogen and oxygen atoms in total. The Hall–Kier alpha value is -1.23. The number of nitrogens with one attached hydrogen (secondary N) is 1. The maximum atomic E-state index is 12.4. The number of halogens is 2. The minimum absolute atomic E-state index is 0.0203. The van der Waals surface area contributed by atoms with Gasteiger partial charge < -0.3 is 11.1 Å². The van der Waals surface area contributed by atoms with Gasteiger partial charge in [0.15, 0.2) is 5.11 Å². The van der Waals surface area contributed by atoms with E-state index < -0.39 is 6.43 Å². The largest absolute Gasteiger partial charge is 0.376 e. The molecule has 1 aromatic carbocycles. The molecule has 70 valence electrons. The molecule has 0 saturated carbocycles. The molecule has 0 aliphatic carbocycles. The Kier molecular flexibility index (Phi) is 3.13. The van der Waals surface area contributed by atoms with Gasteiger partial charge in [-0.3, -0.25) is 0 Å². The molecule has 13 heavy (non-hydrogen) atoms. The van der Waals surface area contributed by atoms with Crippen LogP contribution >= 0.6 is 12.2 Å². The van der Waals surface area contributed by atoms with Gasteiger partial charge in [-0.15, -0.1) is 0 Å². The first-order valence-corrected chi connectivity index (χ1v) is 3.95. The normalized spacial score (nSPS) is 10.1. The van der Waals surface area contributed by atoms with Gasteiger partial charge in [-0.1, -0.05) is 18.2 Å². The zero-order chi connectivity index (χ0) is 9.84. The monoisotopic (exact) mass is 202 g/mol. The van der Waals surface area contributed by atoms with E-state index >= 15 is 0 Å². The zero-order valence-electron chi connectivity index (χ0n) is 6.63. The van der Waals surface area contributed by atoms with E-state index in [0.29, 0.717) is 0 Å². The summed E-state index contributed by atoms with van der Waals surface area (Å²) in [4.78, 5) is 0. The van der Waals surface area contributed by atoms with Gasteiger partial charge in [0.1, 0.15) is 0 Å². The quantitative estimate of drug-likeness (QED) is 0.722. The van der Waals surface area contributed by atoms with Crippen LogP contribution < -0.4 is 11.1 Å². The third-order valence-corrected chi connectivity index (χ3v) is 1.56. The summed E-state index contributed by atoms with van der Waals surface area (Å²) < 4.78 is 24.7. The Morgan fingerprint density at radius 1 is 1.38 bits per heavy atom. The van der Waals surface area contributed by atoms with E-state index in [-0.39, 0.29) is 16.4 Å². The predicted octanol–water partition coefficient (Wildman–Crippen LogP) is 2.28. The maximum Gasteiger partial charge on any atom is 0.265 e. The Morgan fingerprint density at radius 3 is 2.54 bits per heavy atom. The lowest BCUT2D eigenvalue weighted by atomic mass is 10.2. The lowest BCUT2D eigenvalue weighted by molar-refractivity contribution is 0.152. The molecule has 0 aromatic heterocycles. The number of anilines is 1. The van der Waals surface area contributed by atoms with Gasteiger partial charge in [-0.25, -0.2) is 8.78 Å². The molecular weight excluding hydrogens is 194 g/mol. The van der Waals surface area contributed by atoms with Crippen LogP contribution in [0.5, 0.6) is 0 Å². The van der Waals surface area contributed by atoms with Crippen molar-refractivity contribution >= 4 is 23.0 Å². The fourth-order valence-electron chi connectivity index (χ4n) is 0.934. The van der Waals surface area contributed by atoms with Crippen molar-refractivity contribution in [3.05, 3.63) is 29.8 Å². The number of alkyl halides is 2. The Morgan fingerprint density at radius 2 is 2.00 bits per heavy atom. The molecule has 0 aliphatic rings. The second-order valence-electron chi connectivity index (χ2n) is 2.38. The molecule has 0 aliphatic heterocycles. The van der Waals surface area contributed by atoms with Gasteiger partial charge in [0.25, 0.3) is 6.43 Å². The number of benzene rings is 1. The van der Waals surface area contributed by atoms with Crippen molar-refractivity contribution in [1.29, 1.82) is 0 Å². The van der Waals surface area contributed by atoms with Crippen LogP contribution in [0.15, 0.2) is 24.3 Å². The van der Waals surface area contributed by atoms with Crippen molar-refractivity contribution in [2.24, 2.45) is 5.73 Å². The topological polar surface area (TPSA) is 38.0 Å². The number of para-hydroxylation sites is 1. The third kappa shape index (κ3) is 2.62. The fourth-order valence-corrected chi connectivity index (χ4v) is 1.04. The van der Waals surface area contributed by atoms with Crippen LogP contribution in [0, 0.1) is 0 Å². The highest BCUT2D eigenvalue weighted by Crippen LogP contribution is 2.26. The first kappa shape index (κ1) is 9.85. The van der Waals surface area contributed by atoms with Crippen LogP contribution in [0.25, 0.3) is 0 Å². The summed E-state index contributed by atoms with van der Waals surface area (Å²) >= 11 is 4.55. The lowest BCUT2D eigenvalue weighted by Crippen LogP contribution is -2.19. The van der Waals surface area contributed by atoms with E-state index in [0.717, 1.165) is 0 Å². The second kappa shape index (κ2) is 4.13. The molecule has 0 saturated heterocycles. The number of hydrogen-bond acceptors (Lipinski definition) is 1. The van der Waals surface area contributed by atoms with Gasteiger partial charge in [-0.2, -0.15) is 0 Å². The molecular formula is C8H8F2N2S. The molecule has 5 heteroatoms. The van der Waals surface area contributed by atoms with Crippen LogP contribution in [0.2, 0.25) is 0 Å². The molecule has 0 unspecified atom stereocenters. The van der Waals surface area contributed by atoms with Crippen LogP contribution in [0.1, 0.15) is 12.0 Å². The first-order valence-electron chi connectivity index (χ1n) is 3.55. The van der Waals surface area contributed by atoms with Crippen molar-refractivity contribution in [2.45, 2.75) is 6.43 Å². The molecule has 0 fully saturated rings. The minimum Gasteiger partial charge on any atom is -0.376 e. The minimum atomic E-state index is -2.53. The molecule has 1 aromatic rings. The molecule has 0 amide bonds. The molecule has 0 bridgehead atoms. The Bertz CT molecular complexity index is 315. The van der Waals surface area contributed by atoms with Crippen molar-refractivity contribution in [3.8, 4) is 0 Å². The SMILES string of the molecule is NC(=S)Nc1ccccc1C(F)F. The zero-order valence-corrected chi connectivity index (χ0v) is 7.44. The van der Waals surface area contributed by atoms with Crippen molar-refractivity contribution < 1.29 is 8.78 Å². The van der Waals surface area contributed by atoms with Crippen LogP contribution in [0.3, 0.4) is 0 Å². The number of rotatable bonds is 2. The van der Waals surface area contributed by atoms with E-state index in [4.69, 9.17) is 5.73 Å². The van der Waals surface area contributed by atoms with Gasteiger partial charge in [0, 0.05) is 11.3 Å². The van der Waals surface area contributed by atoms with Gasteiger partial charge >= 0.3 is 0 Å². The first-order chi connectivity index (χ1) is 6.11. The second-order valence-corrected chi connectivity index (χ2v) is 2.82. The number of nitrogens with two attached hydrogens (primary N) is 1. The summed E-state index contributed by atoms with van der Waals surface area (Å²) in [6.45, 7) is 0. The summed E-state index contributed by atoms with van der Waals surface area (Å²) in [5, 5.41) is 2.46. The maximum absolute atomic E-state index is 12.4. The van der Waals surface area contributed by atoms with Crippen molar-refractivity contribution in [2.75, 3.05) is 5.32 Å². The van der Waals surface area contributed by atoms with Crippen LogP contribution in [-0.4, -0.2) is 5.11 Å². The van der Waals surface area contributed by atoms with Gasteiger partial charge in [-0.05, 0) is 18.3 Å². The molecule has 0 radical (unpaired) electrons. The lowest BCUT2D eigenvalue weighted by Gasteiger charge is -2.08. The van der Waals surface area contributed by atoms with Gasteiger partial charge in [0.2, 0.25) is 0 Å². The van der Waals surface area contributed by atoms with Crippen LogP contribution in [0.4, 0.5) is 14.5 Å². The highest BCUT2D eigenvalue weighted by atomic mass is 32.1. The van der Waals surface area contributed by atoms with E-state index in [2.05, 4.69) is 17.5 Å². The highest BCUT2D eigenvalue weighted by Gasteiger charge is 2.11. The number of hydrogen-bond donors (Lipinski definition) is 2. The average Bonchev–Trinajstić information content (AvgIpc) is 2.03. The van der Waals surface area contributed by atoms with E-state index in [1.807, 2.05) is 0 Å². The Balaban J connectivity index is 2.97. The van der Waals surface area contributed by atoms with Crippen molar-refractivity contribution in [1.82, 2.24) is 0 Å². The van der Waals surface area contributed by atoms with E-state index in [1.165, 1.54) is 18.2 Å². The summed E-state index contributed by atoms with van der Waals surface area (Å²) in [5.41, 5.74) is 5.32. The Labute approximate surface area is 79.7 Å². The molecule has 1 rings (SSSR count).